The van der Waals surface area contributed by atoms with E-state index in [9.17, 15) is 4.79 Å². The molecule has 2 rings (SSSR count). The summed E-state index contributed by atoms with van der Waals surface area (Å²) < 4.78 is 6.67. The van der Waals surface area contributed by atoms with Crippen LogP contribution in [0.15, 0.2) is 24.8 Å². The number of esters is 1. The Hall–Kier alpha value is -2.95. The van der Waals surface area contributed by atoms with E-state index in [-0.39, 0.29) is 18.9 Å². The van der Waals surface area contributed by atoms with Crippen molar-refractivity contribution in [2.75, 3.05) is 24.6 Å². The lowest BCUT2D eigenvalue weighted by Gasteiger charge is -2.22. The van der Waals surface area contributed by atoms with E-state index in [1.165, 1.54) is 0 Å². The summed E-state index contributed by atoms with van der Waals surface area (Å²) in [5.41, 5.74) is 0.754. The second-order valence-electron chi connectivity index (χ2n) is 4.77. The Morgan fingerprint density at radius 3 is 2.96 bits per heavy atom. The van der Waals surface area contributed by atoms with Gasteiger partial charge >= 0.3 is 5.97 Å². The lowest BCUT2D eigenvalue weighted by atomic mass is 10.3. The number of carbonyl (C=O) groups is 1. The molecule has 2 aromatic rings. The molecule has 0 bridgehead atoms. The van der Waals surface area contributed by atoms with Crippen molar-refractivity contribution in [3.05, 3.63) is 30.5 Å². The normalized spacial score (nSPS) is 10.1. The second-order valence-corrected chi connectivity index (χ2v) is 4.77. The number of hydrogen-bond donors (Lipinski definition) is 0. The first kappa shape index (κ1) is 16.4. The van der Waals surface area contributed by atoms with Crippen molar-refractivity contribution in [1.29, 1.82) is 5.26 Å². The molecule has 0 atom stereocenters. The number of aromatic nitrogens is 4. The summed E-state index contributed by atoms with van der Waals surface area (Å²) in [5.74, 6) is 0.679. The minimum atomic E-state index is -0.356. The van der Waals surface area contributed by atoms with Gasteiger partial charge in [-0.2, -0.15) is 10.2 Å². The number of nitrogens with zero attached hydrogens (tertiary/aromatic N) is 6. The van der Waals surface area contributed by atoms with Crippen LogP contribution in [0.2, 0.25) is 0 Å². The maximum absolute atomic E-state index is 11.8. The van der Waals surface area contributed by atoms with E-state index in [1.54, 1.807) is 41.2 Å². The summed E-state index contributed by atoms with van der Waals surface area (Å²) in [6.07, 6.45) is 5.26. The lowest BCUT2D eigenvalue weighted by Crippen LogP contribution is -2.33. The minimum absolute atomic E-state index is 0.0370. The van der Waals surface area contributed by atoms with E-state index in [0.717, 1.165) is 5.69 Å². The molecule has 2 heterocycles. The van der Waals surface area contributed by atoms with E-state index in [2.05, 4.69) is 21.0 Å². The Morgan fingerprint density at radius 1 is 1.48 bits per heavy atom. The number of rotatable bonds is 7. The van der Waals surface area contributed by atoms with Crippen molar-refractivity contribution in [3.63, 3.8) is 0 Å². The molecule has 0 amide bonds. The molecular weight excluding hydrogens is 296 g/mol. The van der Waals surface area contributed by atoms with Crippen LogP contribution in [0.5, 0.6) is 0 Å². The van der Waals surface area contributed by atoms with Gasteiger partial charge in [-0.15, -0.1) is 0 Å². The summed E-state index contributed by atoms with van der Waals surface area (Å²) >= 11 is 0. The quantitative estimate of drug-likeness (QED) is 0.709. The highest BCUT2D eigenvalue weighted by molar-refractivity contribution is 5.75. The van der Waals surface area contributed by atoms with Gasteiger partial charge < -0.3 is 9.64 Å². The van der Waals surface area contributed by atoms with Gasteiger partial charge in [0.05, 0.1) is 19.1 Å². The second kappa shape index (κ2) is 7.89. The molecule has 0 unspecified atom stereocenters. The van der Waals surface area contributed by atoms with Crippen molar-refractivity contribution in [2.24, 2.45) is 0 Å². The third kappa shape index (κ3) is 4.51. The third-order valence-corrected chi connectivity index (χ3v) is 3.01. The number of ether oxygens (including phenoxy) is 1. The summed E-state index contributed by atoms with van der Waals surface area (Å²) in [4.78, 5) is 26.3. The highest BCUT2D eigenvalue weighted by Crippen LogP contribution is 2.15. The third-order valence-electron chi connectivity index (χ3n) is 3.01. The molecule has 2 aromatic heterocycles. The van der Waals surface area contributed by atoms with Gasteiger partial charge in [-0.25, -0.2) is 9.97 Å². The van der Waals surface area contributed by atoms with Crippen LogP contribution in [0.25, 0.3) is 5.95 Å². The summed E-state index contributed by atoms with van der Waals surface area (Å²) in [6, 6.07) is 3.85. The maximum atomic E-state index is 11.8. The largest absolute Gasteiger partial charge is 0.465 e. The Labute approximate surface area is 134 Å². The highest BCUT2D eigenvalue weighted by atomic mass is 16.5. The molecule has 0 aromatic carbocycles. The van der Waals surface area contributed by atoms with Crippen LogP contribution >= 0.6 is 0 Å². The molecule has 0 aliphatic heterocycles. The van der Waals surface area contributed by atoms with Crippen molar-refractivity contribution in [3.8, 4) is 12.0 Å². The molecule has 0 aliphatic rings. The molecule has 8 heteroatoms. The van der Waals surface area contributed by atoms with Crippen molar-refractivity contribution in [2.45, 2.75) is 20.3 Å². The molecule has 0 spiro atoms. The van der Waals surface area contributed by atoms with E-state index in [4.69, 9.17) is 10.00 Å². The topological polar surface area (TPSA) is 96.9 Å². The maximum Gasteiger partial charge on any atom is 0.325 e. The molecule has 23 heavy (non-hydrogen) atoms. The lowest BCUT2D eigenvalue weighted by molar-refractivity contribution is -0.141. The summed E-state index contributed by atoms with van der Waals surface area (Å²) in [6.45, 7) is 4.33. The van der Waals surface area contributed by atoms with Gasteiger partial charge in [-0.05, 0) is 13.8 Å². The molecule has 8 nitrogen and oxygen atoms in total. The molecular formula is C15H18N6O2. The van der Waals surface area contributed by atoms with Gasteiger partial charge in [0.2, 0.25) is 5.95 Å². The fourth-order valence-electron chi connectivity index (χ4n) is 2.01. The smallest absolute Gasteiger partial charge is 0.325 e. The number of nitriles is 1. The molecule has 0 N–H and O–H groups in total. The van der Waals surface area contributed by atoms with Gasteiger partial charge in [-0.3, -0.25) is 9.36 Å². The Bertz CT molecular complexity index is 692. The molecule has 0 fully saturated rings. The van der Waals surface area contributed by atoms with Gasteiger partial charge in [0.25, 0.3) is 0 Å². The highest BCUT2D eigenvalue weighted by Gasteiger charge is 2.15. The predicted octanol–water partition coefficient (Wildman–Crippen LogP) is 1.25. The number of aryl methyl sites for hydroxylation is 1. The van der Waals surface area contributed by atoms with E-state index < -0.39 is 0 Å². The SMILES string of the molecule is CCOC(=O)CN(CCC#N)c1cc(C)nc(-n2ccnc2)n1. The van der Waals surface area contributed by atoms with E-state index >= 15 is 0 Å². The first-order chi connectivity index (χ1) is 11.1. The van der Waals surface area contributed by atoms with Crippen LogP contribution in [0.1, 0.15) is 19.0 Å². The molecule has 0 saturated carbocycles. The monoisotopic (exact) mass is 314 g/mol. The van der Waals surface area contributed by atoms with Crippen LogP contribution in [0, 0.1) is 18.3 Å². The summed E-state index contributed by atoms with van der Waals surface area (Å²) in [7, 11) is 0. The minimum Gasteiger partial charge on any atom is -0.465 e. The van der Waals surface area contributed by atoms with Gasteiger partial charge in [0.1, 0.15) is 18.7 Å². The summed E-state index contributed by atoms with van der Waals surface area (Å²) in [5, 5.41) is 8.82. The average molecular weight is 314 g/mol. The van der Waals surface area contributed by atoms with Crippen LogP contribution in [-0.2, 0) is 9.53 Å². The number of imidazole rings is 1. The number of anilines is 1. The first-order valence-corrected chi connectivity index (χ1v) is 7.25. The van der Waals surface area contributed by atoms with Crippen LogP contribution in [0.3, 0.4) is 0 Å². The van der Waals surface area contributed by atoms with Gasteiger partial charge in [0.15, 0.2) is 0 Å². The zero-order valence-corrected chi connectivity index (χ0v) is 13.1. The van der Waals surface area contributed by atoms with Crippen LogP contribution in [-0.4, -0.2) is 45.2 Å². The molecule has 0 aliphatic carbocycles. The van der Waals surface area contributed by atoms with E-state index in [0.29, 0.717) is 24.9 Å². The first-order valence-electron chi connectivity index (χ1n) is 7.25. The van der Waals surface area contributed by atoms with Crippen molar-refractivity contribution in [1.82, 2.24) is 19.5 Å². The fraction of sp³-hybridized carbons (Fsp3) is 0.400. The molecule has 0 saturated heterocycles. The molecule has 120 valence electrons. The predicted molar refractivity (Wildman–Crippen MR) is 83.0 cm³/mol. The Kier molecular flexibility index (Phi) is 5.63. The average Bonchev–Trinajstić information content (AvgIpc) is 3.05. The van der Waals surface area contributed by atoms with Crippen molar-refractivity contribution < 1.29 is 9.53 Å². The number of carbonyl (C=O) groups excluding carboxylic acids is 1. The Balaban J connectivity index is 2.30. The zero-order chi connectivity index (χ0) is 16.7. The molecule has 0 radical (unpaired) electrons. The zero-order valence-electron chi connectivity index (χ0n) is 13.1. The van der Waals surface area contributed by atoms with Crippen LogP contribution in [0.4, 0.5) is 5.82 Å². The van der Waals surface area contributed by atoms with Crippen LogP contribution < -0.4 is 4.90 Å². The number of hydrogen-bond acceptors (Lipinski definition) is 7. The standard InChI is InChI=1S/C15H18N6O2/c1-3-23-14(22)10-20(7-4-5-16)13-9-12(2)18-15(19-13)21-8-6-17-11-21/h6,8-9,11H,3-4,7,10H2,1-2H3. The Morgan fingerprint density at radius 2 is 2.30 bits per heavy atom. The van der Waals surface area contributed by atoms with Gasteiger partial charge in [0, 0.05) is 30.7 Å². The van der Waals surface area contributed by atoms with Gasteiger partial charge in [-0.1, -0.05) is 0 Å². The van der Waals surface area contributed by atoms with E-state index in [1.807, 2.05) is 6.92 Å². The van der Waals surface area contributed by atoms with Crippen molar-refractivity contribution >= 4 is 11.8 Å². The fourth-order valence-corrected chi connectivity index (χ4v) is 2.01.